The maximum absolute atomic E-state index is 5.58. The van der Waals surface area contributed by atoms with Gasteiger partial charge in [0.2, 0.25) is 0 Å². The molecular weight excluding hydrogens is 221 g/mol. The van der Waals surface area contributed by atoms with Crippen molar-refractivity contribution in [2.24, 2.45) is 11.5 Å². The van der Waals surface area contributed by atoms with Gasteiger partial charge in [-0.3, -0.25) is 0 Å². The van der Waals surface area contributed by atoms with E-state index in [2.05, 4.69) is 13.8 Å². The maximum atomic E-state index is 5.58. The molecule has 0 heterocycles. The first kappa shape index (κ1) is 13.5. The van der Waals surface area contributed by atoms with Crippen molar-refractivity contribution < 1.29 is 0 Å². The van der Waals surface area contributed by atoms with Crippen LogP contribution in [0.3, 0.4) is 0 Å². The van der Waals surface area contributed by atoms with E-state index in [4.69, 9.17) is 11.5 Å². The van der Waals surface area contributed by atoms with Crippen LogP contribution >= 0.6 is 0 Å². The molecule has 0 rings (SSSR count). The van der Waals surface area contributed by atoms with Crippen molar-refractivity contribution in [2.75, 3.05) is 13.1 Å². The molecule has 0 atom stereocenters. The summed E-state index contributed by atoms with van der Waals surface area (Å²) in [6.07, 6.45) is 2.48. The third-order valence-corrected chi connectivity index (χ3v) is 15.6. The van der Waals surface area contributed by atoms with E-state index in [9.17, 15) is 0 Å². The van der Waals surface area contributed by atoms with Gasteiger partial charge in [0.25, 0.3) is 0 Å². The van der Waals surface area contributed by atoms with Gasteiger partial charge in [-0.1, -0.05) is 0 Å². The first-order chi connectivity index (χ1) is 6.24. The van der Waals surface area contributed by atoms with Crippen molar-refractivity contribution in [2.45, 2.75) is 47.7 Å². The van der Waals surface area contributed by atoms with Crippen LogP contribution in [0.15, 0.2) is 0 Å². The third kappa shape index (κ3) is 5.03. The van der Waals surface area contributed by atoms with E-state index in [0.717, 1.165) is 13.1 Å². The molecule has 0 radical (unpaired) electrons. The Kier molecular flexibility index (Phi) is 8.11. The van der Waals surface area contributed by atoms with Gasteiger partial charge in [0.1, 0.15) is 0 Å². The Morgan fingerprint density at radius 3 is 1.46 bits per heavy atom. The molecule has 3 heteroatoms. The zero-order valence-corrected chi connectivity index (χ0v) is 11.4. The molecule has 80 valence electrons. The van der Waals surface area contributed by atoms with E-state index in [-0.39, 0.29) is 0 Å². The molecule has 0 saturated heterocycles. The van der Waals surface area contributed by atoms with Crippen molar-refractivity contribution in [1.29, 1.82) is 0 Å². The zero-order chi connectivity index (χ0) is 10.2. The Balaban J connectivity index is 3.97. The summed E-state index contributed by atoms with van der Waals surface area (Å²) in [5, 5.41) is 5.83. The van der Waals surface area contributed by atoms with Crippen molar-refractivity contribution >= 4 is 13.3 Å². The average molecular weight is 247 g/mol. The van der Waals surface area contributed by atoms with Crippen molar-refractivity contribution in [3.8, 4) is 0 Å². The SMILES string of the molecule is C[CH2][Ge]([CH2]C)([CH2]CCN)[CH2]CCN. The Morgan fingerprint density at radius 2 is 1.23 bits per heavy atom. The van der Waals surface area contributed by atoms with E-state index in [1.165, 1.54) is 33.9 Å². The number of hydrogen-bond donors (Lipinski definition) is 2. The summed E-state index contributed by atoms with van der Waals surface area (Å²) in [5.41, 5.74) is 11.2. The zero-order valence-electron chi connectivity index (χ0n) is 9.31. The minimum absolute atomic E-state index is 0.871. The molecule has 0 aromatic rings. The predicted octanol–water partition coefficient (Wildman–Crippen LogP) is 2.17. The fraction of sp³-hybridized carbons (Fsp3) is 1.00. The van der Waals surface area contributed by atoms with E-state index in [0.29, 0.717) is 0 Å². The monoisotopic (exact) mass is 248 g/mol. The Bertz CT molecular complexity index is 103. The minimum atomic E-state index is -1.46. The molecule has 13 heavy (non-hydrogen) atoms. The number of nitrogens with two attached hydrogens (primary N) is 2. The summed E-state index contributed by atoms with van der Waals surface area (Å²) in [7, 11) is 0. The molecule has 0 aliphatic heterocycles. The first-order valence-corrected chi connectivity index (χ1v) is 11.6. The summed E-state index contributed by atoms with van der Waals surface area (Å²) >= 11 is -1.46. The van der Waals surface area contributed by atoms with Crippen LogP contribution in [-0.4, -0.2) is 26.4 Å². The van der Waals surface area contributed by atoms with Crippen LogP contribution in [0.5, 0.6) is 0 Å². The molecule has 0 aliphatic carbocycles. The van der Waals surface area contributed by atoms with Crippen LogP contribution in [0.25, 0.3) is 0 Å². The van der Waals surface area contributed by atoms with Crippen molar-refractivity contribution in [3.63, 3.8) is 0 Å². The normalized spacial score (nSPS) is 12.0. The summed E-state index contributed by atoms with van der Waals surface area (Å²) in [5.74, 6) is 0. The second-order valence-corrected chi connectivity index (χ2v) is 15.4. The molecule has 0 bridgehead atoms. The molecule has 0 unspecified atom stereocenters. The molecule has 0 spiro atoms. The molecular formula is C10H26GeN2. The fourth-order valence-electron chi connectivity index (χ4n) is 2.04. The fourth-order valence-corrected chi connectivity index (χ4v) is 10.6. The van der Waals surface area contributed by atoms with Crippen LogP contribution in [0.2, 0.25) is 21.0 Å². The molecule has 4 N–H and O–H groups in total. The molecule has 0 amide bonds. The molecule has 0 saturated carbocycles. The van der Waals surface area contributed by atoms with Gasteiger partial charge in [0.05, 0.1) is 0 Å². The molecule has 0 aromatic carbocycles. The van der Waals surface area contributed by atoms with Gasteiger partial charge in [-0.15, -0.1) is 0 Å². The summed E-state index contributed by atoms with van der Waals surface area (Å²) < 4.78 is 0. The van der Waals surface area contributed by atoms with Crippen molar-refractivity contribution in [1.82, 2.24) is 0 Å². The van der Waals surface area contributed by atoms with Crippen molar-refractivity contribution in [3.05, 3.63) is 0 Å². The van der Waals surface area contributed by atoms with Gasteiger partial charge in [-0.2, -0.15) is 0 Å². The quantitative estimate of drug-likeness (QED) is 0.645. The van der Waals surface area contributed by atoms with E-state index in [1.54, 1.807) is 0 Å². The molecule has 0 fully saturated rings. The van der Waals surface area contributed by atoms with Gasteiger partial charge in [-0.25, -0.2) is 0 Å². The average Bonchev–Trinajstić information content (AvgIpc) is 2.20. The standard InChI is InChI=1S/C10H26GeN2/c1-3-11(4-2,7-5-9-12)8-6-10-13/h3-10,12-13H2,1-2H3. The molecule has 0 aromatic heterocycles. The Morgan fingerprint density at radius 1 is 0.846 bits per heavy atom. The Hall–Kier alpha value is 0.463. The predicted molar refractivity (Wildman–Crippen MR) is 63.7 cm³/mol. The number of hydrogen-bond acceptors (Lipinski definition) is 2. The molecule has 2 nitrogen and oxygen atoms in total. The van der Waals surface area contributed by atoms with Crippen LogP contribution in [-0.2, 0) is 0 Å². The van der Waals surface area contributed by atoms with Crippen LogP contribution < -0.4 is 11.5 Å². The van der Waals surface area contributed by atoms with Crippen LogP contribution in [0, 0.1) is 0 Å². The van der Waals surface area contributed by atoms with Gasteiger partial charge in [0.15, 0.2) is 0 Å². The number of rotatable bonds is 8. The van der Waals surface area contributed by atoms with E-state index < -0.39 is 13.3 Å². The second kappa shape index (κ2) is 7.83. The molecule has 0 aliphatic rings. The summed E-state index contributed by atoms with van der Waals surface area (Å²) in [4.78, 5) is 0. The van der Waals surface area contributed by atoms with E-state index in [1.807, 2.05) is 0 Å². The topological polar surface area (TPSA) is 52.0 Å². The van der Waals surface area contributed by atoms with Gasteiger partial charge in [-0.05, 0) is 0 Å². The second-order valence-electron chi connectivity index (χ2n) is 3.99. The van der Waals surface area contributed by atoms with Gasteiger partial charge >= 0.3 is 85.5 Å². The van der Waals surface area contributed by atoms with Gasteiger partial charge in [0, 0.05) is 0 Å². The third-order valence-electron chi connectivity index (χ3n) is 3.32. The first-order valence-electron chi connectivity index (χ1n) is 5.64. The summed E-state index contributed by atoms with van der Waals surface area (Å²) in [6, 6.07) is 0. The van der Waals surface area contributed by atoms with Gasteiger partial charge < -0.3 is 0 Å². The van der Waals surface area contributed by atoms with E-state index >= 15 is 0 Å². The van der Waals surface area contributed by atoms with Crippen LogP contribution in [0.4, 0.5) is 0 Å². The summed E-state index contributed by atoms with van der Waals surface area (Å²) in [6.45, 7) is 6.48. The Labute approximate surface area is 85.8 Å². The van der Waals surface area contributed by atoms with Crippen LogP contribution in [0.1, 0.15) is 26.7 Å².